The van der Waals surface area contributed by atoms with Gasteiger partial charge in [0.15, 0.2) is 6.10 Å². The fraction of sp³-hybridized carbons (Fsp3) is 0.750. The fourth-order valence-corrected chi connectivity index (χ4v) is 1.26. The van der Waals surface area contributed by atoms with Crippen LogP contribution in [0.2, 0.25) is 0 Å². The molecule has 1 unspecified atom stereocenters. The van der Waals surface area contributed by atoms with Crippen molar-refractivity contribution < 1.29 is 14.3 Å². The van der Waals surface area contributed by atoms with Crippen LogP contribution in [-0.2, 0) is 9.53 Å². The van der Waals surface area contributed by atoms with Crippen LogP contribution in [0.15, 0.2) is 0 Å². The topological polar surface area (TPSA) is 58.6 Å². The molecule has 1 heterocycles. The van der Waals surface area contributed by atoms with Gasteiger partial charge in [0, 0.05) is 13.7 Å². The average Bonchev–Trinajstić information content (AvgIpc) is 2.12. The molecule has 1 N–H and O–H groups in total. The molecule has 5 heteroatoms. The van der Waals surface area contributed by atoms with Crippen LogP contribution in [0.5, 0.6) is 0 Å². The number of methoxy groups -OCH3 is 1. The smallest absolute Gasteiger partial charge is 0.324 e. The van der Waals surface area contributed by atoms with Crippen LogP contribution in [0.3, 0.4) is 0 Å². The molecule has 1 saturated heterocycles. The lowest BCUT2D eigenvalue weighted by molar-refractivity contribution is -0.140. The maximum atomic E-state index is 11.5. The highest BCUT2D eigenvalue weighted by Gasteiger charge is 2.33. The summed E-state index contributed by atoms with van der Waals surface area (Å²) in [6.45, 7) is 2.63. The maximum absolute atomic E-state index is 11.5. The van der Waals surface area contributed by atoms with Gasteiger partial charge in [-0.25, -0.2) is 4.79 Å². The molecule has 0 saturated carbocycles. The molecule has 1 fully saturated rings. The summed E-state index contributed by atoms with van der Waals surface area (Å²) >= 11 is 0. The second kappa shape index (κ2) is 4.23. The van der Waals surface area contributed by atoms with Gasteiger partial charge in [-0.3, -0.25) is 9.69 Å². The number of rotatable bonds is 3. The van der Waals surface area contributed by atoms with Gasteiger partial charge in [0.05, 0.1) is 6.54 Å². The van der Waals surface area contributed by atoms with E-state index in [1.807, 2.05) is 6.92 Å². The molecule has 0 bridgehead atoms. The summed E-state index contributed by atoms with van der Waals surface area (Å²) < 4.78 is 4.92. The van der Waals surface area contributed by atoms with Crippen molar-refractivity contribution >= 4 is 11.9 Å². The minimum atomic E-state index is -0.524. The molecule has 1 rings (SSSR count). The normalized spacial score (nSPS) is 23.2. The number of hydrogen-bond donors (Lipinski definition) is 1. The molecule has 3 amide bonds. The second-order valence-electron chi connectivity index (χ2n) is 2.90. The van der Waals surface area contributed by atoms with E-state index in [1.54, 1.807) is 0 Å². The number of carbonyl (C=O) groups is 2. The lowest BCUT2D eigenvalue weighted by Gasteiger charge is -2.30. The van der Waals surface area contributed by atoms with E-state index in [0.717, 1.165) is 6.42 Å². The van der Waals surface area contributed by atoms with E-state index in [0.29, 0.717) is 6.54 Å². The lowest BCUT2D eigenvalue weighted by atomic mass is 10.2. The van der Waals surface area contributed by atoms with Gasteiger partial charge >= 0.3 is 6.03 Å². The second-order valence-corrected chi connectivity index (χ2v) is 2.90. The molecule has 0 radical (unpaired) electrons. The van der Waals surface area contributed by atoms with Gasteiger partial charge < -0.3 is 10.1 Å². The van der Waals surface area contributed by atoms with E-state index in [2.05, 4.69) is 5.32 Å². The molecule has 74 valence electrons. The van der Waals surface area contributed by atoms with Crippen molar-refractivity contribution in [3.63, 3.8) is 0 Å². The summed E-state index contributed by atoms with van der Waals surface area (Å²) in [5.74, 6) is -0.242. The minimum absolute atomic E-state index is 0.242. The summed E-state index contributed by atoms with van der Waals surface area (Å²) in [7, 11) is 1.46. The molecule has 0 aromatic heterocycles. The zero-order valence-electron chi connectivity index (χ0n) is 7.87. The lowest BCUT2D eigenvalue weighted by Crippen LogP contribution is -2.57. The number of nitrogens with one attached hydrogen (secondary N) is 1. The molecular weight excluding hydrogens is 172 g/mol. The SMILES string of the molecule is CCCN1C(=O)NCC(OC)C1=O. The zero-order valence-corrected chi connectivity index (χ0v) is 7.87. The molecule has 0 aromatic carbocycles. The summed E-state index contributed by atoms with van der Waals surface area (Å²) in [6.07, 6.45) is 0.236. The van der Waals surface area contributed by atoms with Gasteiger partial charge in [0.2, 0.25) is 0 Å². The van der Waals surface area contributed by atoms with Crippen molar-refractivity contribution in [1.29, 1.82) is 0 Å². The number of nitrogens with zero attached hydrogens (tertiary/aromatic N) is 1. The predicted octanol–water partition coefficient (Wildman–Crippen LogP) is -0.0368. The van der Waals surface area contributed by atoms with E-state index < -0.39 is 6.10 Å². The number of imide groups is 1. The number of carbonyl (C=O) groups excluding carboxylic acids is 2. The first-order chi connectivity index (χ1) is 6.20. The Morgan fingerprint density at radius 1 is 1.62 bits per heavy atom. The largest absolute Gasteiger partial charge is 0.370 e. The Balaban J connectivity index is 2.66. The third-order valence-corrected chi connectivity index (χ3v) is 1.96. The Bertz CT molecular complexity index is 217. The highest BCUT2D eigenvalue weighted by molar-refractivity contribution is 5.99. The van der Waals surface area contributed by atoms with Crippen LogP contribution < -0.4 is 5.32 Å². The van der Waals surface area contributed by atoms with Crippen LogP contribution in [0.25, 0.3) is 0 Å². The third-order valence-electron chi connectivity index (χ3n) is 1.96. The molecule has 0 spiro atoms. The summed E-state index contributed by atoms with van der Waals surface area (Å²) in [5.41, 5.74) is 0. The summed E-state index contributed by atoms with van der Waals surface area (Å²) in [6, 6.07) is -0.319. The van der Waals surface area contributed by atoms with Crippen LogP contribution >= 0.6 is 0 Å². The molecular formula is C8H14N2O3. The van der Waals surface area contributed by atoms with E-state index in [-0.39, 0.29) is 18.5 Å². The van der Waals surface area contributed by atoms with Gasteiger partial charge in [0.25, 0.3) is 5.91 Å². The quantitative estimate of drug-likeness (QED) is 0.673. The van der Waals surface area contributed by atoms with Crippen molar-refractivity contribution in [2.75, 3.05) is 20.2 Å². The van der Waals surface area contributed by atoms with Gasteiger partial charge in [0.1, 0.15) is 0 Å². The fourth-order valence-electron chi connectivity index (χ4n) is 1.26. The summed E-state index contributed by atoms with van der Waals surface area (Å²) in [4.78, 5) is 23.9. The Labute approximate surface area is 77.0 Å². The molecule has 1 aliphatic rings. The van der Waals surface area contributed by atoms with E-state index in [9.17, 15) is 9.59 Å². The first-order valence-corrected chi connectivity index (χ1v) is 4.32. The van der Waals surface area contributed by atoms with Gasteiger partial charge in [-0.2, -0.15) is 0 Å². The Kier molecular flexibility index (Phi) is 3.25. The van der Waals surface area contributed by atoms with Crippen LogP contribution in [0.4, 0.5) is 4.79 Å². The van der Waals surface area contributed by atoms with Gasteiger partial charge in [-0.1, -0.05) is 6.92 Å². The summed E-state index contributed by atoms with van der Waals surface area (Å²) in [5, 5.41) is 2.59. The van der Waals surface area contributed by atoms with Crippen molar-refractivity contribution in [2.45, 2.75) is 19.4 Å². The molecule has 5 nitrogen and oxygen atoms in total. The van der Waals surface area contributed by atoms with Crippen molar-refractivity contribution in [3.8, 4) is 0 Å². The monoisotopic (exact) mass is 186 g/mol. The molecule has 13 heavy (non-hydrogen) atoms. The number of amides is 3. The zero-order chi connectivity index (χ0) is 9.84. The maximum Gasteiger partial charge on any atom is 0.324 e. The standard InChI is InChI=1S/C8H14N2O3/c1-3-4-10-7(11)6(13-2)5-9-8(10)12/h6H,3-5H2,1-2H3,(H,9,12). The predicted molar refractivity (Wildman–Crippen MR) is 46.2 cm³/mol. The van der Waals surface area contributed by atoms with Crippen molar-refractivity contribution in [2.24, 2.45) is 0 Å². The van der Waals surface area contributed by atoms with Crippen molar-refractivity contribution in [3.05, 3.63) is 0 Å². The molecule has 0 aromatic rings. The van der Waals surface area contributed by atoms with Gasteiger partial charge in [-0.15, -0.1) is 0 Å². The molecule has 1 atom stereocenters. The first-order valence-electron chi connectivity index (χ1n) is 4.32. The Hall–Kier alpha value is -1.10. The Morgan fingerprint density at radius 2 is 2.31 bits per heavy atom. The molecule has 0 aliphatic carbocycles. The third kappa shape index (κ3) is 1.98. The average molecular weight is 186 g/mol. The minimum Gasteiger partial charge on any atom is -0.370 e. The number of urea groups is 1. The van der Waals surface area contributed by atoms with E-state index >= 15 is 0 Å². The van der Waals surface area contributed by atoms with Gasteiger partial charge in [-0.05, 0) is 6.42 Å². The van der Waals surface area contributed by atoms with Crippen LogP contribution in [0, 0.1) is 0 Å². The highest BCUT2D eigenvalue weighted by atomic mass is 16.5. The van der Waals surface area contributed by atoms with E-state index in [1.165, 1.54) is 12.0 Å². The first kappa shape index (κ1) is 9.98. The van der Waals surface area contributed by atoms with Crippen LogP contribution in [0.1, 0.15) is 13.3 Å². The number of ether oxygens (including phenoxy) is 1. The van der Waals surface area contributed by atoms with Crippen LogP contribution in [-0.4, -0.2) is 43.1 Å². The van der Waals surface area contributed by atoms with Crippen molar-refractivity contribution in [1.82, 2.24) is 10.2 Å². The van der Waals surface area contributed by atoms with E-state index in [4.69, 9.17) is 4.74 Å². The highest BCUT2D eigenvalue weighted by Crippen LogP contribution is 2.05. The molecule has 1 aliphatic heterocycles. The Morgan fingerprint density at radius 3 is 2.85 bits per heavy atom. The number of hydrogen-bond acceptors (Lipinski definition) is 3.